The number of phenolic OH excluding ortho intramolecular Hbond substituents is 1. The number of aromatic nitrogens is 2. The molecular weight excluding hydrogens is 1030 g/mol. The molecule has 0 radical (unpaired) electrons. The van der Waals surface area contributed by atoms with Gasteiger partial charge in [-0.1, -0.05) is 24.3 Å². The first-order chi connectivity index (χ1) is 37.8. The predicted molar refractivity (Wildman–Crippen MR) is 283 cm³/mol. The highest BCUT2D eigenvalue weighted by atomic mass is 19.1. The summed E-state index contributed by atoms with van der Waals surface area (Å²) in [7, 11) is 2.55. The SMILES string of the molecule is CCOc1ccc(OC)c(F)c1C(=O)c1ccc(C(=O)N[C@@H]2CN(C(=O)OC(C)(C)C)C[C@H]2NC(=O)c2ccncc2)cc1.COc1ccc(O)c(C(=O)c2ccc(C(=O)N[C@@H]3CNC[C@H]3NC(=O)c3ccncc3)cc2)c1F. The van der Waals surface area contributed by atoms with Gasteiger partial charge in [0.05, 0.1) is 45.0 Å². The van der Waals surface area contributed by atoms with Crippen molar-refractivity contribution in [2.75, 3.05) is 47.0 Å². The zero-order chi connectivity index (χ0) is 57.0. The van der Waals surface area contributed by atoms with Gasteiger partial charge >= 0.3 is 6.09 Å². The molecule has 412 valence electrons. The summed E-state index contributed by atoms with van der Waals surface area (Å²) < 4.78 is 50.5. The molecule has 0 aliphatic carbocycles. The minimum Gasteiger partial charge on any atom is -0.507 e. The molecular formula is C57H58F2N8O12. The first kappa shape index (κ1) is 57.4. The Balaban J connectivity index is 0.000000234. The van der Waals surface area contributed by atoms with E-state index in [9.17, 15) is 43.1 Å². The van der Waals surface area contributed by atoms with Gasteiger partial charge in [-0.2, -0.15) is 0 Å². The van der Waals surface area contributed by atoms with Crippen LogP contribution in [0.1, 0.15) is 101 Å². The number of halogens is 2. The van der Waals surface area contributed by atoms with Crippen molar-refractivity contribution >= 4 is 41.3 Å². The third-order valence-corrected chi connectivity index (χ3v) is 12.5. The van der Waals surface area contributed by atoms with Crippen LogP contribution in [0.15, 0.2) is 122 Å². The van der Waals surface area contributed by atoms with Gasteiger partial charge in [0.15, 0.2) is 34.7 Å². The average molecular weight is 1090 g/mol. The number of nitrogens with zero attached hydrogens (tertiary/aromatic N) is 3. The van der Waals surface area contributed by atoms with E-state index in [4.69, 9.17) is 18.9 Å². The van der Waals surface area contributed by atoms with E-state index in [1.807, 2.05) is 0 Å². The summed E-state index contributed by atoms with van der Waals surface area (Å²) in [5, 5.41) is 24.7. The van der Waals surface area contributed by atoms with Gasteiger partial charge in [0, 0.05) is 84.3 Å². The Kier molecular flexibility index (Phi) is 18.7. The van der Waals surface area contributed by atoms with Crippen LogP contribution in [0.25, 0.3) is 0 Å². The van der Waals surface area contributed by atoms with Gasteiger partial charge in [-0.3, -0.25) is 38.7 Å². The van der Waals surface area contributed by atoms with Gasteiger partial charge in [0.1, 0.15) is 28.2 Å². The van der Waals surface area contributed by atoms with E-state index >= 15 is 4.39 Å². The number of pyridine rings is 2. The lowest BCUT2D eigenvalue weighted by Crippen LogP contribution is -2.51. The van der Waals surface area contributed by atoms with Crippen molar-refractivity contribution in [2.24, 2.45) is 0 Å². The number of carbonyl (C=O) groups excluding carboxylic acids is 7. The Morgan fingerprint density at radius 1 is 0.557 bits per heavy atom. The topological polar surface area (TPSA) is 266 Å². The van der Waals surface area contributed by atoms with E-state index in [0.29, 0.717) is 24.2 Å². The summed E-state index contributed by atoms with van der Waals surface area (Å²) in [5.74, 6) is -5.44. The van der Waals surface area contributed by atoms with Gasteiger partial charge in [-0.05, 0) is 100 Å². The van der Waals surface area contributed by atoms with Crippen LogP contribution in [0.2, 0.25) is 0 Å². The molecule has 2 aromatic heterocycles. The summed E-state index contributed by atoms with van der Waals surface area (Å²) in [5.41, 5.74) is 0.0520. The van der Waals surface area contributed by atoms with Gasteiger partial charge in [0.2, 0.25) is 0 Å². The smallest absolute Gasteiger partial charge is 0.410 e. The lowest BCUT2D eigenvalue weighted by molar-refractivity contribution is 0.0285. The number of ether oxygens (including phenoxy) is 4. The van der Waals surface area contributed by atoms with Crippen LogP contribution in [0.5, 0.6) is 23.0 Å². The van der Waals surface area contributed by atoms with E-state index in [-0.39, 0.29) is 88.7 Å². The Morgan fingerprint density at radius 2 is 0.924 bits per heavy atom. The Hall–Kier alpha value is -9.31. The molecule has 4 aromatic carbocycles. The third-order valence-electron chi connectivity index (χ3n) is 12.5. The highest BCUT2D eigenvalue weighted by Crippen LogP contribution is 2.32. The van der Waals surface area contributed by atoms with Crippen LogP contribution in [0.4, 0.5) is 13.6 Å². The standard InChI is InChI=1S/C32H35FN4O7.C25H23FN4O5/c1-6-43-24-11-12-25(42-5)27(33)26(24)28(38)19-7-9-20(10-8-19)29(39)35-22-17-37(31(41)44-32(2,3)4)18-23(22)36-30(40)21-13-15-34-16-14-21;1-35-20-7-6-19(31)21(22(20)26)23(32)14-2-4-15(5-3-14)24(33)29-17-12-28-13-18(17)30-25(34)16-8-10-27-11-9-16/h7-16,22-23H,6,17-18H2,1-5H3,(H,35,39)(H,36,40);2-11,17-18,28,31H,12-13H2,1H3,(H,29,33)(H,30,34)/t22-,23-;17-,18-/m11/s1. The third kappa shape index (κ3) is 14.2. The zero-order valence-electron chi connectivity index (χ0n) is 43.9. The molecule has 0 unspecified atom stereocenters. The summed E-state index contributed by atoms with van der Waals surface area (Å²) in [6.45, 7) is 8.35. The molecule has 0 bridgehead atoms. The van der Waals surface area contributed by atoms with Crippen molar-refractivity contribution in [1.29, 1.82) is 0 Å². The second kappa shape index (κ2) is 25.7. The molecule has 0 saturated carbocycles. The summed E-state index contributed by atoms with van der Waals surface area (Å²) >= 11 is 0. The minimum absolute atomic E-state index is 0.0771. The highest BCUT2D eigenvalue weighted by Gasteiger charge is 2.39. The molecule has 2 aliphatic heterocycles. The van der Waals surface area contributed by atoms with Crippen LogP contribution in [0.3, 0.4) is 0 Å². The summed E-state index contributed by atoms with van der Waals surface area (Å²) in [4.78, 5) is 99.5. The second-order valence-corrected chi connectivity index (χ2v) is 19.0. The minimum atomic E-state index is -0.965. The van der Waals surface area contributed by atoms with E-state index in [1.54, 1.807) is 52.0 Å². The molecule has 2 saturated heterocycles. The fraction of sp³-hybridized carbons (Fsp3) is 0.281. The number of nitrogens with one attached hydrogen (secondary N) is 5. The molecule has 6 aromatic rings. The van der Waals surface area contributed by atoms with Gasteiger partial charge in [-0.25, -0.2) is 13.6 Å². The lowest BCUT2D eigenvalue weighted by atomic mass is 10.00. The molecule has 5 amide bonds. The number of aromatic hydroxyl groups is 1. The number of hydrogen-bond donors (Lipinski definition) is 6. The van der Waals surface area contributed by atoms with Crippen LogP contribution in [-0.4, -0.2) is 138 Å². The lowest BCUT2D eigenvalue weighted by Gasteiger charge is -2.24. The van der Waals surface area contributed by atoms with E-state index in [0.717, 1.165) is 0 Å². The number of likely N-dealkylation sites (tertiary alicyclic amines) is 1. The molecule has 79 heavy (non-hydrogen) atoms. The van der Waals surface area contributed by atoms with E-state index < -0.39 is 70.1 Å². The van der Waals surface area contributed by atoms with Gasteiger partial charge in [0.25, 0.3) is 23.6 Å². The number of amides is 5. The first-order valence-corrected chi connectivity index (χ1v) is 24.9. The molecule has 4 heterocycles. The fourth-order valence-corrected chi connectivity index (χ4v) is 8.51. The first-order valence-electron chi connectivity index (χ1n) is 24.9. The van der Waals surface area contributed by atoms with Gasteiger partial charge < -0.3 is 55.5 Å². The molecule has 20 nitrogen and oxygen atoms in total. The molecule has 4 atom stereocenters. The van der Waals surface area contributed by atoms with Gasteiger partial charge in [-0.15, -0.1) is 0 Å². The number of benzene rings is 4. The number of rotatable bonds is 16. The Bertz CT molecular complexity index is 3200. The quantitative estimate of drug-likeness (QED) is 0.0638. The maximum Gasteiger partial charge on any atom is 0.410 e. The van der Waals surface area contributed by atoms with Crippen molar-refractivity contribution in [1.82, 2.24) is 41.5 Å². The van der Waals surface area contributed by atoms with Crippen molar-refractivity contribution in [3.05, 3.63) is 178 Å². The number of hydrogen-bond acceptors (Lipinski definition) is 15. The van der Waals surface area contributed by atoms with E-state index in [1.165, 1.54) is 117 Å². The fourth-order valence-electron chi connectivity index (χ4n) is 8.51. The Labute approximate surface area is 453 Å². The van der Waals surface area contributed by atoms with Crippen molar-refractivity contribution in [3.63, 3.8) is 0 Å². The molecule has 6 N–H and O–H groups in total. The average Bonchev–Trinajstić information content (AvgIpc) is 4.08. The van der Waals surface area contributed by atoms with Crippen molar-refractivity contribution in [3.8, 4) is 23.0 Å². The summed E-state index contributed by atoms with van der Waals surface area (Å²) in [6, 6.07) is 20.9. The molecule has 0 spiro atoms. The molecule has 8 rings (SSSR count). The van der Waals surface area contributed by atoms with E-state index in [2.05, 4.69) is 36.6 Å². The van der Waals surface area contributed by atoms with Crippen LogP contribution in [-0.2, 0) is 4.74 Å². The second-order valence-electron chi connectivity index (χ2n) is 19.0. The number of ketones is 2. The number of carbonyl (C=O) groups is 7. The predicted octanol–water partition coefficient (Wildman–Crippen LogP) is 5.67. The molecule has 2 fully saturated rings. The van der Waals surface area contributed by atoms with Crippen LogP contribution in [0, 0.1) is 11.6 Å². The Morgan fingerprint density at radius 3 is 1.34 bits per heavy atom. The monoisotopic (exact) mass is 1080 g/mol. The number of methoxy groups -OCH3 is 2. The van der Waals surface area contributed by atoms with Crippen LogP contribution >= 0.6 is 0 Å². The van der Waals surface area contributed by atoms with Crippen molar-refractivity contribution < 1.29 is 66.4 Å². The number of phenols is 1. The zero-order valence-corrected chi connectivity index (χ0v) is 43.9. The normalized spacial score (nSPS) is 16.5. The molecule has 2 aliphatic rings. The maximum atomic E-state index is 15.1. The largest absolute Gasteiger partial charge is 0.507 e. The van der Waals surface area contributed by atoms with Crippen LogP contribution < -0.4 is 40.8 Å². The maximum absolute atomic E-state index is 15.1. The highest BCUT2D eigenvalue weighted by molar-refractivity contribution is 6.12. The molecule has 22 heteroatoms. The van der Waals surface area contributed by atoms with Crippen molar-refractivity contribution in [2.45, 2.75) is 57.5 Å². The summed E-state index contributed by atoms with van der Waals surface area (Å²) in [6.07, 6.45) is 5.46.